The Morgan fingerprint density at radius 2 is 2.18 bits per heavy atom. The number of fused-ring (bicyclic) bond motifs is 1. The molecule has 3 atom stereocenters. The summed E-state index contributed by atoms with van der Waals surface area (Å²) in [5, 5.41) is 5.02. The molecule has 0 aliphatic heterocycles. The van der Waals surface area contributed by atoms with Crippen molar-refractivity contribution in [3.05, 3.63) is 36.0 Å². The monoisotopic (exact) mass is 228 g/mol. The van der Waals surface area contributed by atoms with Crippen LogP contribution in [0.2, 0.25) is 0 Å². The Hall–Kier alpha value is -1.28. The predicted molar refractivity (Wildman–Crippen MR) is 72.0 cm³/mol. The lowest BCUT2D eigenvalue weighted by Gasteiger charge is -2.17. The van der Waals surface area contributed by atoms with Gasteiger partial charge in [0.1, 0.15) is 0 Å². The fourth-order valence-corrected chi connectivity index (χ4v) is 2.88. The highest BCUT2D eigenvalue weighted by Crippen LogP contribution is 2.48. The third-order valence-corrected chi connectivity index (χ3v) is 3.98. The molecule has 0 bridgehead atoms. The van der Waals surface area contributed by atoms with Crippen LogP contribution < -0.4 is 5.32 Å². The first-order chi connectivity index (χ1) is 8.31. The average molecular weight is 228 g/mol. The van der Waals surface area contributed by atoms with E-state index in [1.807, 2.05) is 0 Å². The summed E-state index contributed by atoms with van der Waals surface area (Å²) in [6.45, 7) is 5.58. The normalized spacial score (nSPS) is 25.1. The Balaban J connectivity index is 2.00. The van der Waals surface area contributed by atoms with Gasteiger partial charge in [0.05, 0.1) is 0 Å². The number of H-pyrrole nitrogens is 1. The van der Waals surface area contributed by atoms with E-state index in [1.165, 1.54) is 22.9 Å². The molecule has 90 valence electrons. The molecule has 1 saturated carbocycles. The van der Waals surface area contributed by atoms with Gasteiger partial charge >= 0.3 is 0 Å². The van der Waals surface area contributed by atoms with Gasteiger partial charge in [0.2, 0.25) is 0 Å². The molecule has 3 unspecified atom stereocenters. The van der Waals surface area contributed by atoms with Crippen molar-refractivity contribution < 1.29 is 0 Å². The lowest BCUT2D eigenvalue weighted by atomic mass is 10.0. The summed E-state index contributed by atoms with van der Waals surface area (Å²) < 4.78 is 0. The average Bonchev–Trinajstić information content (AvgIpc) is 2.91. The Morgan fingerprint density at radius 3 is 2.88 bits per heavy atom. The van der Waals surface area contributed by atoms with E-state index in [2.05, 4.69) is 54.6 Å². The van der Waals surface area contributed by atoms with Crippen molar-refractivity contribution >= 4 is 10.9 Å². The van der Waals surface area contributed by atoms with Crippen molar-refractivity contribution in [2.75, 3.05) is 6.54 Å². The molecule has 2 nitrogen and oxygen atoms in total. The Kier molecular flexibility index (Phi) is 2.67. The van der Waals surface area contributed by atoms with Crippen molar-refractivity contribution in [1.82, 2.24) is 10.3 Å². The number of nitrogens with one attached hydrogen (secondary N) is 2. The Bertz CT molecular complexity index is 514. The maximum absolute atomic E-state index is 3.65. The molecule has 1 heterocycles. The van der Waals surface area contributed by atoms with Gasteiger partial charge in [-0.25, -0.2) is 0 Å². The van der Waals surface area contributed by atoms with Gasteiger partial charge in [-0.2, -0.15) is 0 Å². The highest BCUT2D eigenvalue weighted by molar-refractivity contribution is 5.83. The van der Waals surface area contributed by atoms with Crippen LogP contribution in [0.5, 0.6) is 0 Å². The smallest absolute Gasteiger partial charge is 0.0457 e. The van der Waals surface area contributed by atoms with Gasteiger partial charge in [0.25, 0.3) is 0 Å². The highest BCUT2D eigenvalue weighted by atomic mass is 14.9. The quantitative estimate of drug-likeness (QED) is 0.824. The highest BCUT2D eigenvalue weighted by Gasteiger charge is 2.40. The van der Waals surface area contributed by atoms with Crippen LogP contribution in [-0.2, 0) is 0 Å². The fourth-order valence-electron chi connectivity index (χ4n) is 2.88. The number of rotatable bonds is 4. The van der Waals surface area contributed by atoms with Crippen LogP contribution in [0.15, 0.2) is 30.5 Å². The van der Waals surface area contributed by atoms with E-state index in [-0.39, 0.29) is 0 Å². The van der Waals surface area contributed by atoms with Crippen LogP contribution in [-0.4, -0.2) is 11.5 Å². The lowest BCUT2D eigenvalue weighted by Crippen LogP contribution is -2.23. The van der Waals surface area contributed by atoms with Crippen LogP contribution in [0.4, 0.5) is 0 Å². The van der Waals surface area contributed by atoms with Crippen LogP contribution in [0.3, 0.4) is 0 Å². The van der Waals surface area contributed by atoms with Crippen LogP contribution in [0, 0.1) is 11.8 Å². The predicted octanol–water partition coefficient (Wildman–Crippen LogP) is 3.47. The van der Waals surface area contributed by atoms with Crippen molar-refractivity contribution in [2.24, 2.45) is 11.8 Å². The molecule has 1 fully saturated rings. The summed E-state index contributed by atoms with van der Waals surface area (Å²) in [6, 6.07) is 9.10. The minimum atomic E-state index is 0.520. The van der Waals surface area contributed by atoms with Gasteiger partial charge in [-0.3, -0.25) is 0 Å². The molecule has 17 heavy (non-hydrogen) atoms. The summed E-state index contributed by atoms with van der Waals surface area (Å²) in [6.07, 6.45) is 3.54. The molecule has 0 amide bonds. The molecule has 1 aliphatic carbocycles. The third kappa shape index (κ3) is 1.87. The topological polar surface area (TPSA) is 27.8 Å². The summed E-state index contributed by atoms with van der Waals surface area (Å²) in [7, 11) is 0. The number of benzene rings is 1. The standard InChI is InChI=1S/C15H20N2/c1-3-16-15(12-8-10(12)2)13-9-17-14-7-5-4-6-11(13)14/h4-7,9-10,12,15-17H,3,8H2,1-2H3. The SMILES string of the molecule is CCNC(c1c[nH]c2ccccc12)C1CC1C. The maximum Gasteiger partial charge on any atom is 0.0457 e. The molecule has 2 heteroatoms. The van der Waals surface area contributed by atoms with Gasteiger partial charge in [0, 0.05) is 23.1 Å². The number of aromatic nitrogens is 1. The van der Waals surface area contributed by atoms with E-state index in [1.54, 1.807) is 0 Å². The van der Waals surface area contributed by atoms with E-state index >= 15 is 0 Å². The first-order valence-electron chi connectivity index (χ1n) is 6.60. The van der Waals surface area contributed by atoms with Crippen molar-refractivity contribution in [3.63, 3.8) is 0 Å². The zero-order valence-corrected chi connectivity index (χ0v) is 10.5. The van der Waals surface area contributed by atoms with Crippen LogP contribution in [0.1, 0.15) is 31.9 Å². The first-order valence-corrected chi connectivity index (χ1v) is 6.60. The Labute approximate surface area is 102 Å². The van der Waals surface area contributed by atoms with Crippen LogP contribution in [0.25, 0.3) is 10.9 Å². The molecular formula is C15H20N2. The molecule has 1 aliphatic rings. The zero-order chi connectivity index (χ0) is 11.8. The van der Waals surface area contributed by atoms with E-state index in [0.717, 1.165) is 18.4 Å². The fraction of sp³-hybridized carbons (Fsp3) is 0.467. The summed E-state index contributed by atoms with van der Waals surface area (Å²) >= 11 is 0. The van der Waals surface area contributed by atoms with Gasteiger partial charge in [-0.05, 0) is 36.4 Å². The second-order valence-electron chi connectivity index (χ2n) is 5.20. The van der Waals surface area contributed by atoms with Crippen molar-refractivity contribution in [1.29, 1.82) is 0 Å². The first kappa shape index (κ1) is 10.8. The van der Waals surface area contributed by atoms with Crippen molar-refractivity contribution in [3.8, 4) is 0 Å². The second-order valence-corrected chi connectivity index (χ2v) is 5.20. The van der Waals surface area contributed by atoms with E-state index in [0.29, 0.717) is 6.04 Å². The molecule has 2 aromatic rings. The Morgan fingerprint density at radius 1 is 1.41 bits per heavy atom. The summed E-state index contributed by atoms with van der Waals surface area (Å²) in [4.78, 5) is 3.38. The lowest BCUT2D eigenvalue weighted by molar-refractivity contribution is 0.478. The molecule has 1 aromatic heterocycles. The van der Waals surface area contributed by atoms with Crippen LogP contribution >= 0.6 is 0 Å². The van der Waals surface area contributed by atoms with Gasteiger partial charge in [-0.15, -0.1) is 0 Å². The molecule has 0 saturated heterocycles. The number of hydrogen-bond donors (Lipinski definition) is 2. The number of hydrogen-bond acceptors (Lipinski definition) is 1. The van der Waals surface area contributed by atoms with Gasteiger partial charge in [-0.1, -0.05) is 32.0 Å². The minimum absolute atomic E-state index is 0.520. The molecular weight excluding hydrogens is 208 g/mol. The molecule has 1 aromatic carbocycles. The van der Waals surface area contributed by atoms with Gasteiger partial charge < -0.3 is 10.3 Å². The number of aromatic amines is 1. The van der Waals surface area contributed by atoms with E-state index < -0.39 is 0 Å². The maximum atomic E-state index is 3.65. The third-order valence-electron chi connectivity index (χ3n) is 3.98. The van der Waals surface area contributed by atoms with Crippen molar-refractivity contribution in [2.45, 2.75) is 26.3 Å². The van der Waals surface area contributed by atoms with Gasteiger partial charge in [0.15, 0.2) is 0 Å². The molecule has 0 spiro atoms. The van der Waals surface area contributed by atoms with E-state index in [9.17, 15) is 0 Å². The molecule has 2 N–H and O–H groups in total. The van der Waals surface area contributed by atoms with E-state index in [4.69, 9.17) is 0 Å². The molecule has 3 rings (SSSR count). The number of para-hydroxylation sites is 1. The second kappa shape index (κ2) is 4.19. The summed E-state index contributed by atoms with van der Waals surface area (Å²) in [5.74, 6) is 1.68. The summed E-state index contributed by atoms with van der Waals surface area (Å²) in [5.41, 5.74) is 2.69. The minimum Gasteiger partial charge on any atom is -0.361 e. The largest absolute Gasteiger partial charge is 0.361 e. The molecule has 0 radical (unpaired) electrons. The zero-order valence-electron chi connectivity index (χ0n) is 10.5.